The van der Waals surface area contributed by atoms with Gasteiger partial charge >= 0.3 is 5.97 Å². The number of hydrogen-bond acceptors (Lipinski definition) is 6. The fourth-order valence-corrected chi connectivity index (χ4v) is 3.09. The average molecular weight is 420 g/mol. The molecular weight excluding hydrogens is 396 g/mol. The molecule has 0 saturated carbocycles. The van der Waals surface area contributed by atoms with E-state index in [2.05, 4.69) is 10.1 Å². The second-order valence-corrected chi connectivity index (χ2v) is 7.03. The number of carbonyl (C=O) groups is 1. The fourth-order valence-electron chi connectivity index (χ4n) is 3.09. The monoisotopic (exact) mass is 420 g/mol. The number of hydrogen-bond donors (Lipinski definition) is 1. The van der Waals surface area contributed by atoms with Gasteiger partial charge < -0.3 is 14.8 Å². The predicted octanol–water partition coefficient (Wildman–Crippen LogP) is 5.41. The third-order valence-corrected chi connectivity index (χ3v) is 4.91. The van der Waals surface area contributed by atoms with E-state index in [9.17, 15) is 14.9 Å². The summed E-state index contributed by atoms with van der Waals surface area (Å²) in [4.78, 5) is 21.9. The van der Waals surface area contributed by atoms with Crippen LogP contribution in [0.4, 0.5) is 11.4 Å². The summed E-state index contributed by atoms with van der Waals surface area (Å²) in [5.74, 6) is 1.19. The van der Waals surface area contributed by atoms with E-state index in [1.54, 1.807) is 13.0 Å². The number of methoxy groups -OCH3 is 1. The Morgan fingerprint density at radius 1 is 0.968 bits per heavy atom. The van der Waals surface area contributed by atoms with Crippen molar-refractivity contribution in [3.8, 4) is 11.5 Å². The van der Waals surface area contributed by atoms with Crippen molar-refractivity contribution in [1.82, 2.24) is 0 Å². The second kappa shape index (κ2) is 10.2. The van der Waals surface area contributed by atoms with E-state index in [1.165, 1.54) is 13.2 Å². The van der Waals surface area contributed by atoms with E-state index < -0.39 is 0 Å². The summed E-state index contributed by atoms with van der Waals surface area (Å²) in [5.41, 5.74) is 3.52. The van der Waals surface area contributed by atoms with Crippen molar-refractivity contribution in [3.05, 3.63) is 93.5 Å². The molecule has 0 amide bonds. The van der Waals surface area contributed by atoms with Crippen molar-refractivity contribution in [3.63, 3.8) is 0 Å². The number of nitro groups is 1. The van der Waals surface area contributed by atoms with Gasteiger partial charge in [-0.15, -0.1) is 0 Å². The van der Waals surface area contributed by atoms with E-state index in [0.717, 1.165) is 16.8 Å². The molecule has 7 nitrogen and oxygen atoms in total. The number of carbonyl (C=O) groups excluding carboxylic acids is 1. The predicted molar refractivity (Wildman–Crippen MR) is 118 cm³/mol. The van der Waals surface area contributed by atoms with Crippen molar-refractivity contribution < 1.29 is 19.2 Å². The summed E-state index contributed by atoms with van der Waals surface area (Å²) < 4.78 is 10.5. The molecule has 0 heterocycles. The van der Waals surface area contributed by atoms with Gasteiger partial charge in [-0.3, -0.25) is 14.9 Å². The van der Waals surface area contributed by atoms with E-state index in [1.807, 2.05) is 54.6 Å². The molecule has 1 N–H and O–H groups in total. The standard InChI is InChI=1S/C24H24N2O5/c1-17-22(4-3-5-23(17)26(28)29)25-16-19-8-13-21(14-9-19)31-20-11-6-18(7-12-20)10-15-24(27)30-2/h3-9,11-14,25H,10,15-16H2,1-2H3. The zero-order valence-electron chi connectivity index (χ0n) is 17.5. The summed E-state index contributed by atoms with van der Waals surface area (Å²) in [5, 5.41) is 14.3. The highest BCUT2D eigenvalue weighted by Gasteiger charge is 2.12. The van der Waals surface area contributed by atoms with Gasteiger partial charge in [-0.25, -0.2) is 0 Å². The lowest BCUT2D eigenvalue weighted by Crippen LogP contribution is -2.02. The Bertz CT molecular complexity index is 1050. The molecule has 0 spiro atoms. The van der Waals surface area contributed by atoms with Gasteiger partial charge in [0.05, 0.1) is 12.0 Å². The van der Waals surface area contributed by atoms with E-state index in [0.29, 0.717) is 36.4 Å². The van der Waals surface area contributed by atoms with Gasteiger partial charge in [0.1, 0.15) is 11.5 Å². The first kappa shape index (κ1) is 21.8. The van der Waals surface area contributed by atoms with Crippen molar-refractivity contribution in [2.24, 2.45) is 0 Å². The first-order valence-electron chi connectivity index (χ1n) is 9.86. The zero-order chi connectivity index (χ0) is 22.2. The van der Waals surface area contributed by atoms with Crippen LogP contribution in [0.3, 0.4) is 0 Å². The van der Waals surface area contributed by atoms with Gasteiger partial charge in [-0.2, -0.15) is 0 Å². The number of nitrogens with one attached hydrogen (secondary N) is 1. The van der Waals surface area contributed by atoms with Crippen LogP contribution in [0, 0.1) is 17.0 Å². The summed E-state index contributed by atoms with van der Waals surface area (Å²) >= 11 is 0. The largest absolute Gasteiger partial charge is 0.469 e. The van der Waals surface area contributed by atoms with Gasteiger partial charge in [-0.05, 0) is 54.8 Å². The lowest BCUT2D eigenvalue weighted by molar-refractivity contribution is -0.385. The first-order chi connectivity index (χ1) is 15.0. The third-order valence-electron chi connectivity index (χ3n) is 4.91. The number of esters is 1. The number of nitro benzene ring substituents is 1. The third kappa shape index (κ3) is 6.05. The molecule has 0 saturated heterocycles. The van der Waals surface area contributed by atoms with Crippen LogP contribution in [-0.4, -0.2) is 18.0 Å². The van der Waals surface area contributed by atoms with Crippen molar-refractivity contribution in [2.75, 3.05) is 12.4 Å². The Morgan fingerprint density at radius 3 is 2.16 bits per heavy atom. The molecule has 0 aromatic heterocycles. The average Bonchev–Trinajstić information content (AvgIpc) is 2.78. The highest BCUT2D eigenvalue weighted by Crippen LogP contribution is 2.26. The summed E-state index contributed by atoms with van der Waals surface area (Å²) in [6, 6.07) is 20.2. The number of aryl methyl sites for hydroxylation is 1. The zero-order valence-corrected chi connectivity index (χ0v) is 17.5. The molecule has 3 aromatic rings. The van der Waals surface area contributed by atoms with Crippen LogP contribution in [0.1, 0.15) is 23.1 Å². The Kier molecular flexibility index (Phi) is 7.22. The van der Waals surface area contributed by atoms with E-state index in [-0.39, 0.29) is 16.6 Å². The normalized spacial score (nSPS) is 10.4. The molecule has 0 aliphatic heterocycles. The van der Waals surface area contributed by atoms with Gasteiger partial charge in [0.25, 0.3) is 5.69 Å². The molecular formula is C24H24N2O5. The summed E-state index contributed by atoms with van der Waals surface area (Å²) in [6.45, 7) is 2.27. The van der Waals surface area contributed by atoms with Crippen LogP contribution in [0.2, 0.25) is 0 Å². The maximum absolute atomic E-state index is 11.2. The van der Waals surface area contributed by atoms with Gasteiger partial charge in [-0.1, -0.05) is 30.3 Å². The van der Waals surface area contributed by atoms with E-state index in [4.69, 9.17) is 4.74 Å². The smallest absolute Gasteiger partial charge is 0.305 e. The molecule has 0 bridgehead atoms. The Hall–Kier alpha value is -3.87. The minimum atomic E-state index is -0.377. The van der Waals surface area contributed by atoms with Gasteiger partial charge in [0.2, 0.25) is 0 Å². The Labute approximate surface area is 180 Å². The molecule has 160 valence electrons. The molecule has 31 heavy (non-hydrogen) atoms. The molecule has 0 fully saturated rings. The van der Waals surface area contributed by atoms with Crippen molar-refractivity contribution in [1.29, 1.82) is 0 Å². The summed E-state index contributed by atoms with van der Waals surface area (Å²) in [7, 11) is 1.38. The molecule has 3 aromatic carbocycles. The lowest BCUT2D eigenvalue weighted by atomic mass is 10.1. The number of nitrogens with zero attached hydrogens (tertiary/aromatic N) is 1. The maximum Gasteiger partial charge on any atom is 0.305 e. The van der Waals surface area contributed by atoms with Crippen molar-refractivity contribution in [2.45, 2.75) is 26.3 Å². The molecule has 3 rings (SSSR count). The Morgan fingerprint density at radius 2 is 1.58 bits per heavy atom. The SMILES string of the molecule is COC(=O)CCc1ccc(Oc2ccc(CNc3cccc([N+](=O)[O-])c3C)cc2)cc1. The molecule has 7 heteroatoms. The summed E-state index contributed by atoms with van der Waals surface area (Å²) in [6.07, 6.45) is 0.973. The van der Waals surface area contributed by atoms with Crippen LogP contribution in [0.5, 0.6) is 11.5 Å². The fraction of sp³-hybridized carbons (Fsp3) is 0.208. The molecule has 0 aliphatic carbocycles. The minimum absolute atomic E-state index is 0.102. The second-order valence-electron chi connectivity index (χ2n) is 7.03. The van der Waals surface area contributed by atoms with Crippen LogP contribution in [0.15, 0.2) is 66.7 Å². The maximum atomic E-state index is 11.2. The van der Waals surface area contributed by atoms with Gasteiger partial charge in [0, 0.05) is 30.3 Å². The number of rotatable bonds is 9. The number of anilines is 1. The number of benzene rings is 3. The minimum Gasteiger partial charge on any atom is -0.469 e. The van der Waals surface area contributed by atoms with Crippen LogP contribution < -0.4 is 10.1 Å². The molecule has 0 atom stereocenters. The first-order valence-corrected chi connectivity index (χ1v) is 9.86. The Balaban J connectivity index is 1.55. The van der Waals surface area contributed by atoms with Crippen LogP contribution in [-0.2, 0) is 22.5 Å². The lowest BCUT2D eigenvalue weighted by Gasteiger charge is -2.11. The molecule has 0 aliphatic rings. The molecule has 0 radical (unpaired) electrons. The van der Waals surface area contributed by atoms with E-state index >= 15 is 0 Å². The number of ether oxygens (including phenoxy) is 2. The quantitative estimate of drug-likeness (QED) is 0.283. The molecule has 0 unspecified atom stereocenters. The van der Waals surface area contributed by atoms with Crippen LogP contribution >= 0.6 is 0 Å². The van der Waals surface area contributed by atoms with Crippen LogP contribution in [0.25, 0.3) is 0 Å². The highest BCUT2D eigenvalue weighted by atomic mass is 16.6. The topological polar surface area (TPSA) is 90.7 Å². The van der Waals surface area contributed by atoms with Gasteiger partial charge in [0.15, 0.2) is 0 Å². The van der Waals surface area contributed by atoms with Crippen molar-refractivity contribution >= 4 is 17.3 Å². The highest BCUT2D eigenvalue weighted by molar-refractivity contribution is 5.69.